The van der Waals surface area contributed by atoms with E-state index in [0.29, 0.717) is 17.5 Å². The first-order chi connectivity index (χ1) is 23.8. The van der Waals surface area contributed by atoms with Crippen molar-refractivity contribution in [3.05, 3.63) is 59.8 Å². The first kappa shape index (κ1) is 36.4. The minimum atomic E-state index is -3.19. The average molecular weight is 734 g/mol. The first-order valence-corrected chi connectivity index (χ1v) is 18.3. The molecule has 2 unspecified atom stereocenters. The van der Waals surface area contributed by atoms with Crippen LogP contribution in [0.3, 0.4) is 0 Å². The lowest BCUT2D eigenvalue weighted by Crippen LogP contribution is -2.39. The minimum Gasteiger partial charge on any atom is -0.493 e. The molecule has 266 valence electrons. The molecule has 19 heteroatoms. The van der Waals surface area contributed by atoms with E-state index in [2.05, 4.69) is 25.0 Å². The van der Waals surface area contributed by atoms with Crippen molar-refractivity contribution in [1.29, 1.82) is 0 Å². The third-order valence-corrected chi connectivity index (χ3v) is 10.1. The molecule has 4 bridgehead atoms. The fourth-order valence-corrected chi connectivity index (χ4v) is 7.39. The average Bonchev–Trinajstić information content (AvgIpc) is 3.31. The number of carbonyl (C=O) groups excluding carboxylic acids is 3. The lowest BCUT2D eigenvalue weighted by atomic mass is 10.0. The number of rotatable bonds is 9. The quantitative estimate of drug-likeness (QED) is 0.233. The van der Waals surface area contributed by atoms with Gasteiger partial charge >= 0.3 is 12.0 Å². The van der Waals surface area contributed by atoms with Crippen LogP contribution in [0.5, 0.6) is 11.6 Å². The number of nitrogens with zero attached hydrogens (tertiary/aromatic N) is 4. The van der Waals surface area contributed by atoms with Crippen molar-refractivity contribution < 1.29 is 46.7 Å². The highest BCUT2D eigenvalue weighted by atomic mass is 32.2. The summed E-state index contributed by atoms with van der Waals surface area (Å²) in [6, 6.07) is 6.18. The Kier molecular flexibility index (Phi) is 11.5. The summed E-state index contributed by atoms with van der Waals surface area (Å²) in [4.78, 5) is 58.0. The molecule has 0 saturated carbocycles. The fraction of sp³-hybridized carbons (Fsp3) is 0.355. The molecule has 2 aliphatic rings. The number of hydrogen-bond acceptors (Lipinski definition) is 12. The predicted molar refractivity (Wildman–Crippen MR) is 180 cm³/mol. The number of carboxylic acids is 1. The zero-order valence-electron chi connectivity index (χ0n) is 26.6. The van der Waals surface area contributed by atoms with Crippen LogP contribution < -0.4 is 25.8 Å². The summed E-state index contributed by atoms with van der Waals surface area (Å²) < 4.78 is 57.7. The number of aromatic nitrogens is 2. The highest BCUT2D eigenvalue weighted by Crippen LogP contribution is 2.34. The van der Waals surface area contributed by atoms with Gasteiger partial charge in [0.05, 0.1) is 40.1 Å². The summed E-state index contributed by atoms with van der Waals surface area (Å²) in [5.41, 5.74) is 6.34. The summed E-state index contributed by atoms with van der Waals surface area (Å²) in [6.07, 6.45) is 2.53. The van der Waals surface area contributed by atoms with Crippen molar-refractivity contribution in [2.24, 2.45) is 10.1 Å². The third-order valence-electron chi connectivity index (χ3n) is 7.32. The molecule has 15 nitrogen and oxygen atoms in total. The van der Waals surface area contributed by atoms with Crippen molar-refractivity contribution in [2.75, 3.05) is 43.6 Å². The molecule has 0 radical (unpaired) electrons. The molecule has 1 saturated heterocycles. The molecule has 4 heterocycles. The third kappa shape index (κ3) is 9.42. The second-order valence-corrected chi connectivity index (χ2v) is 15.0. The number of nitrogens with one attached hydrogen (secondary N) is 2. The van der Waals surface area contributed by atoms with E-state index in [-0.39, 0.29) is 73.1 Å². The Morgan fingerprint density at radius 2 is 1.96 bits per heavy atom. The van der Waals surface area contributed by atoms with Gasteiger partial charge in [0.25, 0.3) is 0 Å². The first-order valence-electron chi connectivity index (χ1n) is 15.2. The van der Waals surface area contributed by atoms with Crippen molar-refractivity contribution in [3.63, 3.8) is 0 Å². The van der Waals surface area contributed by atoms with Crippen LogP contribution in [0.2, 0.25) is 0 Å². The van der Waals surface area contributed by atoms with Crippen LogP contribution in [0.1, 0.15) is 18.4 Å². The van der Waals surface area contributed by atoms with Gasteiger partial charge in [0.2, 0.25) is 17.7 Å². The summed E-state index contributed by atoms with van der Waals surface area (Å²) in [5, 5.41) is 13.6. The van der Waals surface area contributed by atoms with E-state index in [1.807, 2.05) is 0 Å². The topological polar surface area (TPSA) is 216 Å². The summed E-state index contributed by atoms with van der Waals surface area (Å²) in [5.74, 6) is -2.93. The van der Waals surface area contributed by atoms with Gasteiger partial charge in [-0.15, -0.1) is 16.1 Å². The summed E-state index contributed by atoms with van der Waals surface area (Å²) in [7, 11) is -3.19. The number of aliphatic carboxylic acids is 1. The van der Waals surface area contributed by atoms with Gasteiger partial charge in [-0.25, -0.2) is 22.8 Å². The molecule has 1 fully saturated rings. The maximum absolute atomic E-state index is 14.9. The van der Waals surface area contributed by atoms with Gasteiger partial charge in [0.15, 0.2) is 0 Å². The van der Waals surface area contributed by atoms with Crippen LogP contribution >= 0.6 is 11.8 Å². The summed E-state index contributed by atoms with van der Waals surface area (Å²) >= 11 is 0.980. The molecule has 5 N–H and O–H groups in total. The predicted octanol–water partition coefficient (Wildman–Crippen LogP) is 2.91. The van der Waals surface area contributed by atoms with Crippen LogP contribution in [0.15, 0.2) is 47.0 Å². The highest BCUT2D eigenvalue weighted by Gasteiger charge is 2.39. The van der Waals surface area contributed by atoms with Crippen LogP contribution in [0, 0.1) is 11.6 Å². The van der Waals surface area contributed by atoms with E-state index in [1.54, 1.807) is 6.07 Å². The van der Waals surface area contributed by atoms with Gasteiger partial charge in [0, 0.05) is 61.2 Å². The Balaban J connectivity index is 1.26. The zero-order valence-corrected chi connectivity index (χ0v) is 28.2. The molecule has 1 aromatic carbocycles. The number of likely N-dealkylation sites (tertiary alicyclic amines) is 1. The highest BCUT2D eigenvalue weighted by molar-refractivity contribution is 8.00. The number of fused-ring (bicyclic) bond motifs is 6. The Labute approximate surface area is 289 Å². The smallest absolute Gasteiger partial charge is 0.349 e. The number of benzene rings is 1. The van der Waals surface area contributed by atoms with E-state index >= 15 is 0 Å². The molecular weight excluding hydrogens is 701 g/mol. The van der Waals surface area contributed by atoms with Crippen LogP contribution in [-0.2, 0) is 29.9 Å². The van der Waals surface area contributed by atoms with Crippen LogP contribution in [0.4, 0.5) is 25.2 Å². The Bertz CT molecular complexity index is 1940. The zero-order chi connectivity index (χ0) is 36.0. The van der Waals surface area contributed by atoms with Crippen molar-refractivity contribution in [1.82, 2.24) is 20.2 Å². The number of ether oxygens (including phenoxy) is 2. The van der Waals surface area contributed by atoms with Gasteiger partial charge < -0.3 is 30.9 Å². The standard InChI is InChI=1S/C31H33F2N7O8S2/c1-50(46,39-31(45)35-5-6-40-28(41)13-24(29(40)42)49-15-22(34)30(43)44)16-17-9-26-37-25-12-20(21(33)14-36-25)19-4-3-18(32)11-23(19)47-7-2-8-48-27(10-17)38-26/h3-4,9-12,14,22,24H,2,5-8,13,15-16,34H2,1H3,(H,35,45)(H,43,44)(H,36,37,38)/t22-,24?,50?/m0/s1. The fourth-order valence-electron chi connectivity index (χ4n) is 5.01. The maximum Gasteiger partial charge on any atom is 0.349 e. The van der Waals surface area contributed by atoms with E-state index in [4.69, 9.17) is 20.3 Å². The van der Waals surface area contributed by atoms with E-state index in [9.17, 15) is 32.2 Å². The Morgan fingerprint density at radius 1 is 1.18 bits per heavy atom. The van der Waals surface area contributed by atoms with Gasteiger partial charge in [-0.2, -0.15) is 4.98 Å². The molecule has 0 aliphatic carbocycles. The monoisotopic (exact) mass is 733 g/mol. The molecule has 3 aromatic rings. The molecule has 2 aliphatic heterocycles. The number of carboxylic acid groups (broad SMARTS) is 1. The molecule has 5 rings (SSSR count). The number of hydrogen-bond donors (Lipinski definition) is 4. The van der Waals surface area contributed by atoms with Gasteiger partial charge in [-0.1, -0.05) is 0 Å². The SMILES string of the molecule is CS(=O)(Cc1cc2nc(c1)OCCCOc1cc(F)ccc1-c1cc(ncc1F)N2)=NC(=O)NCCN1C(=O)CC(SC[C@H](N)C(=O)O)C1=O. The summed E-state index contributed by atoms with van der Waals surface area (Å²) in [6.45, 7) is -0.0418. The minimum absolute atomic E-state index is 0.0483. The molecule has 0 spiro atoms. The number of halogens is 2. The lowest BCUT2D eigenvalue weighted by molar-refractivity contribution is -0.139. The molecular formula is C31H33F2N7O8S2. The van der Waals surface area contributed by atoms with E-state index < -0.39 is 56.5 Å². The van der Waals surface area contributed by atoms with Crippen LogP contribution in [-0.4, -0.2) is 97.6 Å². The Morgan fingerprint density at radius 3 is 2.74 bits per heavy atom. The number of thioether (sulfide) groups is 1. The van der Waals surface area contributed by atoms with Gasteiger partial charge in [0.1, 0.15) is 35.1 Å². The lowest BCUT2D eigenvalue weighted by Gasteiger charge is -2.16. The van der Waals surface area contributed by atoms with Crippen molar-refractivity contribution in [3.8, 4) is 22.8 Å². The second kappa shape index (κ2) is 15.8. The number of imide groups is 1. The second-order valence-electron chi connectivity index (χ2n) is 11.3. The normalized spacial score (nSPS) is 17.6. The van der Waals surface area contributed by atoms with E-state index in [0.717, 1.165) is 22.9 Å². The number of amides is 4. The van der Waals surface area contributed by atoms with Gasteiger partial charge in [-0.05, 0) is 29.8 Å². The van der Waals surface area contributed by atoms with Crippen molar-refractivity contribution >= 4 is 56.9 Å². The largest absolute Gasteiger partial charge is 0.493 e. The molecule has 2 aromatic heterocycles. The number of pyridine rings is 2. The van der Waals surface area contributed by atoms with E-state index in [1.165, 1.54) is 36.6 Å². The van der Waals surface area contributed by atoms with Crippen molar-refractivity contribution in [2.45, 2.75) is 29.9 Å². The molecule has 3 atom stereocenters. The number of carbonyl (C=O) groups is 4. The number of anilines is 2. The number of nitrogens with two attached hydrogens (primary N) is 1. The van der Waals surface area contributed by atoms with Gasteiger partial charge in [-0.3, -0.25) is 19.3 Å². The maximum atomic E-state index is 14.9. The molecule has 4 amide bonds. The number of urea groups is 1. The Hall–Kier alpha value is -4.88. The van der Waals surface area contributed by atoms with Crippen LogP contribution in [0.25, 0.3) is 11.1 Å². The molecule has 50 heavy (non-hydrogen) atoms.